The predicted molar refractivity (Wildman–Crippen MR) is 86.8 cm³/mol. The number of carbonyl (C=O) groups excluding carboxylic acids is 1. The molecule has 1 aromatic heterocycles. The minimum Gasteiger partial charge on any atom is -0.342 e. The summed E-state index contributed by atoms with van der Waals surface area (Å²) in [6.07, 6.45) is 2.69. The summed E-state index contributed by atoms with van der Waals surface area (Å²) in [5.74, 6) is -0.195. The van der Waals surface area contributed by atoms with Gasteiger partial charge in [-0.1, -0.05) is 30.1 Å². The number of aryl methyl sites for hydroxylation is 1. The maximum Gasteiger partial charge on any atom is 0.272 e. The van der Waals surface area contributed by atoms with Crippen LogP contribution in [0.25, 0.3) is 0 Å². The van der Waals surface area contributed by atoms with Crippen molar-refractivity contribution in [2.75, 3.05) is 5.32 Å². The lowest BCUT2D eigenvalue weighted by molar-refractivity contribution is 0.101. The summed E-state index contributed by atoms with van der Waals surface area (Å²) in [5.41, 5.74) is 1.22. The van der Waals surface area contributed by atoms with Gasteiger partial charge in [-0.05, 0) is 46.6 Å². The third-order valence-corrected chi connectivity index (χ3v) is 4.16. The van der Waals surface area contributed by atoms with Gasteiger partial charge < -0.3 is 9.88 Å². The smallest absolute Gasteiger partial charge is 0.272 e. The van der Waals surface area contributed by atoms with Crippen LogP contribution in [0.4, 0.5) is 5.69 Å². The Morgan fingerprint density at radius 2 is 2.10 bits per heavy atom. The molecule has 1 amide bonds. The number of nitrogens with one attached hydrogen (secondary N) is 1. The van der Waals surface area contributed by atoms with Crippen LogP contribution < -0.4 is 5.32 Å². The molecule has 0 aliphatic carbocycles. The maximum atomic E-state index is 12.3. The highest BCUT2D eigenvalue weighted by Gasteiger charge is 2.13. The first kappa shape index (κ1) is 15.4. The lowest BCUT2D eigenvalue weighted by atomic mass is 10.3. The predicted octanol–water partition coefficient (Wildman–Crippen LogP) is 5.22. The Hall–Kier alpha value is -0.970. The van der Waals surface area contributed by atoms with Crippen LogP contribution in [0.1, 0.15) is 23.8 Å². The van der Waals surface area contributed by atoms with Crippen LogP contribution in [0.2, 0.25) is 10.0 Å². The van der Waals surface area contributed by atoms with E-state index in [-0.39, 0.29) is 5.91 Å². The minimum absolute atomic E-state index is 0.195. The van der Waals surface area contributed by atoms with Crippen LogP contribution in [-0.2, 0) is 6.54 Å². The van der Waals surface area contributed by atoms with E-state index in [0.29, 0.717) is 21.4 Å². The van der Waals surface area contributed by atoms with Gasteiger partial charge in [-0.3, -0.25) is 4.79 Å². The number of benzene rings is 1. The van der Waals surface area contributed by atoms with Gasteiger partial charge in [0.15, 0.2) is 0 Å². The topological polar surface area (TPSA) is 34.0 Å². The molecule has 20 heavy (non-hydrogen) atoms. The van der Waals surface area contributed by atoms with Gasteiger partial charge in [-0.25, -0.2) is 0 Å². The van der Waals surface area contributed by atoms with Gasteiger partial charge >= 0.3 is 0 Å². The average molecular weight is 376 g/mol. The lowest BCUT2D eigenvalue weighted by Gasteiger charge is -2.09. The van der Waals surface area contributed by atoms with Crippen molar-refractivity contribution >= 4 is 50.7 Å². The van der Waals surface area contributed by atoms with E-state index in [9.17, 15) is 4.79 Å². The number of carbonyl (C=O) groups is 1. The summed E-state index contributed by atoms with van der Waals surface area (Å²) in [4.78, 5) is 12.3. The Bertz CT molecular complexity index is 640. The zero-order chi connectivity index (χ0) is 14.7. The molecule has 106 valence electrons. The number of rotatable bonds is 4. The van der Waals surface area contributed by atoms with E-state index in [1.807, 2.05) is 11.5 Å². The number of nitrogens with zero attached hydrogens (tertiary/aromatic N) is 1. The molecule has 0 saturated heterocycles. The van der Waals surface area contributed by atoms with Crippen LogP contribution in [0.15, 0.2) is 34.9 Å². The van der Waals surface area contributed by atoms with E-state index in [1.54, 1.807) is 30.5 Å². The molecule has 2 aromatic rings. The molecular weight excluding hydrogens is 363 g/mol. The molecule has 0 unspecified atom stereocenters. The number of hydrogen-bond acceptors (Lipinski definition) is 1. The van der Waals surface area contributed by atoms with Crippen molar-refractivity contribution in [1.82, 2.24) is 4.57 Å². The molecule has 0 bridgehead atoms. The molecule has 6 heteroatoms. The van der Waals surface area contributed by atoms with E-state index in [1.165, 1.54) is 0 Å². The quantitative estimate of drug-likeness (QED) is 0.780. The van der Waals surface area contributed by atoms with Crippen molar-refractivity contribution in [3.05, 3.63) is 50.7 Å². The molecule has 1 heterocycles. The first-order chi connectivity index (χ1) is 9.51. The molecule has 0 saturated carbocycles. The number of hydrogen-bond donors (Lipinski definition) is 1. The number of aromatic nitrogens is 1. The minimum atomic E-state index is -0.195. The van der Waals surface area contributed by atoms with Crippen molar-refractivity contribution < 1.29 is 4.79 Å². The Balaban J connectivity index is 2.21. The molecule has 0 atom stereocenters. The summed E-state index contributed by atoms with van der Waals surface area (Å²) in [6.45, 7) is 2.80. The number of halogens is 3. The highest BCUT2D eigenvalue weighted by atomic mass is 79.9. The van der Waals surface area contributed by atoms with E-state index in [2.05, 4.69) is 21.2 Å². The molecule has 0 aliphatic heterocycles. The zero-order valence-corrected chi connectivity index (χ0v) is 13.9. The largest absolute Gasteiger partial charge is 0.342 e. The lowest BCUT2D eigenvalue weighted by Crippen LogP contribution is -2.16. The molecule has 2 rings (SSSR count). The van der Waals surface area contributed by atoms with E-state index in [0.717, 1.165) is 17.4 Å². The highest BCUT2D eigenvalue weighted by Crippen LogP contribution is 2.26. The second-order valence-corrected chi connectivity index (χ2v) is 6.02. The Kier molecular flexibility index (Phi) is 5.13. The van der Waals surface area contributed by atoms with E-state index < -0.39 is 0 Å². The van der Waals surface area contributed by atoms with Crippen LogP contribution >= 0.6 is 39.1 Å². The summed E-state index contributed by atoms with van der Waals surface area (Å²) < 4.78 is 2.58. The van der Waals surface area contributed by atoms with Gasteiger partial charge in [0.2, 0.25) is 0 Å². The van der Waals surface area contributed by atoms with Gasteiger partial charge in [-0.2, -0.15) is 0 Å². The molecular formula is C14H13BrCl2N2O. The molecule has 0 aliphatic rings. The molecule has 0 fully saturated rings. The van der Waals surface area contributed by atoms with E-state index in [4.69, 9.17) is 23.2 Å². The number of anilines is 1. The standard InChI is InChI=1S/C14H13BrCl2N2O/c1-2-5-19-8-9(16)6-13(19)14(20)18-10-3-4-12(17)11(15)7-10/h3-4,6-8H,2,5H2,1H3,(H,18,20). The van der Waals surface area contributed by atoms with Gasteiger partial charge in [0.05, 0.1) is 10.0 Å². The van der Waals surface area contributed by atoms with Gasteiger partial charge in [-0.15, -0.1) is 0 Å². The van der Waals surface area contributed by atoms with Crippen molar-refractivity contribution in [2.45, 2.75) is 19.9 Å². The highest BCUT2D eigenvalue weighted by molar-refractivity contribution is 9.10. The third kappa shape index (κ3) is 3.57. The summed E-state index contributed by atoms with van der Waals surface area (Å²) in [6, 6.07) is 6.89. The average Bonchev–Trinajstić information content (AvgIpc) is 2.75. The van der Waals surface area contributed by atoms with Crippen molar-refractivity contribution in [3.63, 3.8) is 0 Å². The molecule has 1 aromatic carbocycles. The molecule has 0 radical (unpaired) electrons. The van der Waals surface area contributed by atoms with Crippen molar-refractivity contribution in [2.24, 2.45) is 0 Å². The Labute approximate surface area is 136 Å². The fourth-order valence-corrected chi connectivity index (χ4v) is 2.58. The van der Waals surface area contributed by atoms with Crippen molar-refractivity contribution in [3.8, 4) is 0 Å². The van der Waals surface area contributed by atoms with Crippen molar-refractivity contribution in [1.29, 1.82) is 0 Å². The van der Waals surface area contributed by atoms with Crippen LogP contribution in [0.3, 0.4) is 0 Å². The molecule has 0 spiro atoms. The monoisotopic (exact) mass is 374 g/mol. The first-order valence-electron chi connectivity index (χ1n) is 6.13. The zero-order valence-electron chi connectivity index (χ0n) is 10.8. The fraction of sp³-hybridized carbons (Fsp3) is 0.214. The molecule has 1 N–H and O–H groups in total. The SMILES string of the molecule is CCCn1cc(Cl)cc1C(=O)Nc1ccc(Cl)c(Br)c1. The second-order valence-electron chi connectivity index (χ2n) is 4.32. The van der Waals surface area contributed by atoms with Crippen LogP contribution in [0, 0.1) is 0 Å². The maximum absolute atomic E-state index is 12.3. The summed E-state index contributed by atoms with van der Waals surface area (Å²) in [7, 11) is 0. The Morgan fingerprint density at radius 3 is 2.75 bits per heavy atom. The van der Waals surface area contributed by atoms with Gasteiger partial charge in [0.25, 0.3) is 5.91 Å². The summed E-state index contributed by atoms with van der Waals surface area (Å²) in [5, 5.41) is 3.99. The first-order valence-corrected chi connectivity index (χ1v) is 7.68. The van der Waals surface area contributed by atoms with Crippen LogP contribution in [0.5, 0.6) is 0 Å². The second kappa shape index (κ2) is 6.66. The van der Waals surface area contributed by atoms with Crippen LogP contribution in [-0.4, -0.2) is 10.5 Å². The summed E-state index contributed by atoms with van der Waals surface area (Å²) >= 11 is 15.2. The van der Waals surface area contributed by atoms with E-state index >= 15 is 0 Å². The van der Waals surface area contributed by atoms with Gasteiger partial charge in [0, 0.05) is 22.9 Å². The third-order valence-electron chi connectivity index (χ3n) is 2.74. The molecule has 3 nitrogen and oxygen atoms in total. The fourth-order valence-electron chi connectivity index (χ4n) is 1.86. The normalized spacial score (nSPS) is 10.6. The van der Waals surface area contributed by atoms with Gasteiger partial charge in [0.1, 0.15) is 5.69 Å². The Morgan fingerprint density at radius 1 is 1.35 bits per heavy atom. The number of amides is 1.